The van der Waals surface area contributed by atoms with Crippen LogP contribution in [-0.4, -0.2) is 53.2 Å². The van der Waals surface area contributed by atoms with Gasteiger partial charge in [-0.2, -0.15) is 0 Å². The standard InChI is InChI=1S/C20H26N2O4S/c1-22(2)17(13-16-7-4-3-5-8-16)15-21-27(23,24)18-9-10-19-20(14-18)26-12-6-11-25-19/h3-5,7-10,14,17,21H,6,11-13,15H2,1-2H3. The summed E-state index contributed by atoms with van der Waals surface area (Å²) >= 11 is 0. The molecule has 1 heterocycles. The quantitative estimate of drug-likeness (QED) is 0.786. The van der Waals surface area contributed by atoms with Crippen LogP contribution in [0, 0.1) is 0 Å². The molecule has 0 aliphatic carbocycles. The van der Waals surface area contributed by atoms with Crippen LogP contribution in [0.4, 0.5) is 0 Å². The molecule has 1 unspecified atom stereocenters. The molecule has 3 rings (SSSR count). The van der Waals surface area contributed by atoms with E-state index in [1.807, 2.05) is 37.2 Å². The van der Waals surface area contributed by atoms with E-state index >= 15 is 0 Å². The molecule has 1 aliphatic heterocycles. The van der Waals surface area contributed by atoms with Crippen LogP contribution in [0.2, 0.25) is 0 Å². The number of sulfonamides is 1. The van der Waals surface area contributed by atoms with Gasteiger partial charge in [-0.1, -0.05) is 30.3 Å². The summed E-state index contributed by atoms with van der Waals surface area (Å²) in [7, 11) is 0.269. The van der Waals surface area contributed by atoms with Crippen LogP contribution in [0.3, 0.4) is 0 Å². The number of fused-ring (bicyclic) bond motifs is 1. The van der Waals surface area contributed by atoms with Crippen molar-refractivity contribution >= 4 is 10.0 Å². The van der Waals surface area contributed by atoms with Crippen molar-refractivity contribution in [3.05, 3.63) is 54.1 Å². The molecule has 146 valence electrons. The van der Waals surface area contributed by atoms with Gasteiger partial charge in [0.25, 0.3) is 0 Å². The lowest BCUT2D eigenvalue weighted by Gasteiger charge is -2.25. The molecule has 0 radical (unpaired) electrons. The molecule has 0 aromatic heterocycles. The summed E-state index contributed by atoms with van der Waals surface area (Å²) in [5.74, 6) is 1.06. The third-order valence-corrected chi connectivity index (χ3v) is 6.00. The number of nitrogens with zero attached hydrogens (tertiary/aromatic N) is 1. The molecule has 27 heavy (non-hydrogen) atoms. The van der Waals surface area contributed by atoms with Crippen LogP contribution in [0.5, 0.6) is 11.5 Å². The van der Waals surface area contributed by atoms with Gasteiger partial charge >= 0.3 is 0 Å². The summed E-state index contributed by atoms with van der Waals surface area (Å²) in [5, 5.41) is 0. The van der Waals surface area contributed by atoms with E-state index in [1.165, 1.54) is 11.6 Å². The van der Waals surface area contributed by atoms with Gasteiger partial charge in [-0.15, -0.1) is 0 Å². The van der Waals surface area contributed by atoms with Gasteiger partial charge < -0.3 is 14.4 Å². The van der Waals surface area contributed by atoms with Gasteiger partial charge in [0.2, 0.25) is 10.0 Å². The van der Waals surface area contributed by atoms with Gasteiger partial charge in [0.15, 0.2) is 11.5 Å². The number of rotatable bonds is 7. The molecule has 7 heteroatoms. The Labute approximate surface area is 161 Å². The van der Waals surface area contributed by atoms with Gasteiger partial charge in [0.1, 0.15) is 0 Å². The first-order chi connectivity index (χ1) is 13.0. The Morgan fingerprint density at radius 3 is 2.44 bits per heavy atom. The van der Waals surface area contributed by atoms with E-state index in [-0.39, 0.29) is 10.9 Å². The first kappa shape index (κ1) is 19.7. The molecule has 0 saturated heterocycles. The minimum Gasteiger partial charge on any atom is -0.490 e. The lowest BCUT2D eigenvalue weighted by Crippen LogP contribution is -2.41. The van der Waals surface area contributed by atoms with E-state index in [4.69, 9.17) is 9.47 Å². The third kappa shape index (κ3) is 5.22. The van der Waals surface area contributed by atoms with Crippen molar-refractivity contribution < 1.29 is 17.9 Å². The van der Waals surface area contributed by atoms with Crippen molar-refractivity contribution in [2.24, 2.45) is 0 Å². The average Bonchev–Trinajstić information content (AvgIpc) is 2.90. The fourth-order valence-corrected chi connectivity index (χ4v) is 4.01. The number of benzene rings is 2. The van der Waals surface area contributed by atoms with Crippen LogP contribution in [0.1, 0.15) is 12.0 Å². The zero-order valence-corrected chi connectivity index (χ0v) is 16.5. The third-order valence-electron chi connectivity index (χ3n) is 4.58. The molecule has 2 aromatic carbocycles. The second-order valence-electron chi connectivity index (χ2n) is 6.82. The second kappa shape index (κ2) is 8.73. The minimum atomic E-state index is -3.64. The molecular formula is C20H26N2O4S. The van der Waals surface area contributed by atoms with Crippen molar-refractivity contribution in [3.63, 3.8) is 0 Å². The highest BCUT2D eigenvalue weighted by Crippen LogP contribution is 2.31. The topological polar surface area (TPSA) is 67.9 Å². The molecule has 0 bridgehead atoms. The minimum absolute atomic E-state index is 0.0441. The van der Waals surface area contributed by atoms with E-state index in [2.05, 4.69) is 16.9 Å². The summed E-state index contributed by atoms with van der Waals surface area (Å²) in [4.78, 5) is 2.22. The highest BCUT2D eigenvalue weighted by molar-refractivity contribution is 7.89. The van der Waals surface area contributed by atoms with Crippen molar-refractivity contribution in [1.82, 2.24) is 9.62 Å². The lowest BCUT2D eigenvalue weighted by atomic mass is 10.1. The average molecular weight is 391 g/mol. The van der Waals surface area contributed by atoms with Crippen LogP contribution in [0.25, 0.3) is 0 Å². The highest BCUT2D eigenvalue weighted by atomic mass is 32.2. The number of ether oxygens (including phenoxy) is 2. The fraction of sp³-hybridized carbons (Fsp3) is 0.400. The largest absolute Gasteiger partial charge is 0.490 e. The maximum atomic E-state index is 12.8. The van der Waals surface area contributed by atoms with Gasteiger partial charge in [-0.05, 0) is 38.2 Å². The van der Waals surface area contributed by atoms with E-state index in [1.54, 1.807) is 12.1 Å². The molecule has 1 N–H and O–H groups in total. The summed E-state index contributed by atoms with van der Waals surface area (Å²) in [6, 6.07) is 14.8. The smallest absolute Gasteiger partial charge is 0.240 e. The van der Waals surface area contributed by atoms with E-state index in [9.17, 15) is 8.42 Å². The number of nitrogens with one attached hydrogen (secondary N) is 1. The van der Waals surface area contributed by atoms with Crippen molar-refractivity contribution in [2.75, 3.05) is 33.9 Å². The first-order valence-corrected chi connectivity index (χ1v) is 10.5. The summed E-state index contributed by atoms with van der Waals surface area (Å²) in [6.45, 7) is 1.41. The lowest BCUT2D eigenvalue weighted by molar-refractivity contribution is 0.291. The fourth-order valence-electron chi connectivity index (χ4n) is 2.92. The molecule has 1 atom stereocenters. The van der Waals surface area contributed by atoms with E-state index < -0.39 is 10.0 Å². The number of hydrogen-bond donors (Lipinski definition) is 1. The summed E-state index contributed by atoms with van der Waals surface area (Å²) < 4.78 is 39.4. The van der Waals surface area contributed by atoms with Crippen LogP contribution in [-0.2, 0) is 16.4 Å². The van der Waals surface area contributed by atoms with Crippen molar-refractivity contribution in [2.45, 2.75) is 23.8 Å². The molecule has 1 aliphatic rings. The Morgan fingerprint density at radius 1 is 1.04 bits per heavy atom. The van der Waals surface area contributed by atoms with Crippen LogP contribution >= 0.6 is 0 Å². The van der Waals surface area contributed by atoms with E-state index in [0.717, 1.165) is 12.8 Å². The monoisotopic (exact) mass is 390 g/mol. The summed E-state index contributed by atoms with van der Waals surface area (Å²) in [6.07, 6.45) is 1.54. The number of hydrogen-bond acceptors (Lipinski definition) is 5. The Kier molecular flexibility index (Phi) is 6.36. The maximum Gasteiger partial charge on any atom is 0.240 e. The second-order valence-corrected chi connectivity index (χ2v) is 8.59. The Morgan fingerprint density at radius 2 is 1.74 bits per heavy atom. The highest BCUT2D eigenvalue weighted by Gasteiger charge is 2.21. The predicted molar refractivity (Wildman–Crippen MR) is 105 cm³/mol. The van der Waals surface area contributed by atoms with Gasteiger partial charge in [-0.25, -0.2) is 13.1 Å². The molecule has 0 amide bonds. The van der Waals surface area contributed by atoms with E-state index in [0.29, 0.717) is 31.3 Å². The number of likely N-dealkylation sites (N-methyl/N-ethyl adjacent to an activating group) is 1. The molecule has 0 saturated carbocycles. The maximum absolute atomic E-state index is 12.8. The predicted octanol–water partition coefficient (Wildman–Crippen LogP) is 2.30. The van der Waals surface area contributed by atoms with Gasteiger partial charge in [0, 0.05) is 25.1 Å². The van der Waals surface area contributed by atoms with Crippen LogP contribution < -0.4 is 14.2 Å². The Hall–Kier alpha value is -2.09. The molecular weight excluding hydrogens is 364 g/mol. The van der Waals surface area contributed by atoms with Crippen LogP contribution in [0.15, 0.2) is 53.4 Å². The normalized spacial score (nSPS) is 15.4. The van der Waals surface area contributed by atoms with Crippen molar-refractivity contribution in [1.29, 1.82) is 0 Å². The first-order valence-electron chi connectivity index (χ1n) is 9.05. The molecule has 0 fully saturated rings. The molecule has 2 aromatic rings. The summed E-state index contributed by atoms with van der Waals surface area (Å²) in [5.41, 5.74) is 1.17. The molecule has 6 nitrogen and oxygen atoms in total. The SMILES string of the molecule is CN(C)C(CNS(=O)(=O)c1ccc2c(c1)OCCCO2)Cc1ccccc1. The van der Waals surface area contributed by atoms with Crippen molar-refractivity contribution in [3.8, 4) is 11.5 Å². The zero-order valence-electron chi connectivity index (χ0n) is 15.7. The Bertz CT molecular complexity index is 854. The zero-order chi connectivity index (χ0) is 19.3. The Balaban J connectivity index is 1.70. The molecule has 0 spiro atoms. The van der Waals surface area contributed by atoms with Gasteiger partial charge in [-0.3, -0.25) is 0 Å². The van der Waals surface area contributed by atoms with Gasteiger partial charge in [0.05, 0.1) is 18.1 Å².